The van der Waals surface area contributed by atoms with Gasteiger partial charge in [0.05, 0.1) is 11.2 Å². The molecule has 0 aliphatic heterocycles. The molecule has 0 aliphatic rings. The number of nitrogens with zero attached hydrogens (tertiary/aromatic N) is 1. The van der Waals surface area contributed by atoms with Gasteiger partial charge in [0.2, 0.25) is 10.0 Å². The first-order chi connectivity index (χ1) is 9.41. The van der Waals surface area contributed by atoms with Gasteiger partial charge < -0.3 is 4.42 Å². The molecule has 0 saturated carbocycles. The lowest BCUT2D eigenvalue weighted by Crippen LogP contribution is -2.29. The van der Waals surface area contributed by atoms with Crippen molar-refractivity contribution in [3.05, 3.63) is 53.7 Å². The van der Waals surface area contributed by atoms with Crippen molar-refractivity contribution in [3.63, 3.8) is 0 Å². The summed E-state index contributed by atoms with van der Waals surface area (Å²) in [7, 11) is -2.11. The van der Waals surface area contributed by atoms with Gasteiger partial charge in [0.25, 0.3) is 0 Å². The summed E-state index contributed by atoms with van der Waals surface area (Å²) in [6, 6.07) is 7.34. The Kier molecular flexibility index (Phi) is 4.25. The highest BCUT2D eigenvalue weighted by atomic mass is 32.2. The van der Waals surface area contributed by atoms with Crippen molar-refractivity contribution in [2.24, 2.45) is 0 Å². The van der Waals surface area contributed by atoms with Crippen LogP contribution in [0.1, 0.15) is 11.3 Å². The second-order valence-electron chi connectivity index (χ2n) is 4.57. The zero-order valence-electron chi connectivity index (χ0n) is 11.3. The van der Waals surface area contributed by atoms with E-state index in [0.29, 0.717) is 18.5 Å². The van der Waals surface area contributed by atoms with Gasteiger partial charge in [0.1, 0.15) is 11.6 Å². The molecule has 1 heterocycles. The van der Waals surface area contributed by atoms with E-state index in [0.717, 1.165) is 5.76 Å². The molecule has 1 aromatic carbocycles. The van der Waals surface area contributed by atoms with Crippen LogP contribution < -0.4 is 0 Å². The molecule has 1 aromatic heterocycles. The molecule has 0 amide bonds. The third-order valence-corrected chi connectivity index (χ3v) is 4.94. The van der Waals surface area contributed by atoms with Gasteiger partial charge in [-0.2, -0.15) is 0 Å². The first kappa shape index (κ1) is 14.7. The molecular weight excluding hydrogens is 281 g/mol. The van der Waals surface area contributed by atoms with Crippen LogP contribution >= 0.6 is 0 Å². The Morgan fingerprint density at radius 1 is 1.30 bits per heavy atom. The van der Waals surface area contributed by atoms with Gasteiger partial charge in [-0.3, -0.25) is 0 Å². The highest BCUT2D eigenvalue weighted by Crippen LogP contribution is 2.18. The predicted molar refractivity (Wildman–Crippen MR) is 73.4 cm³/mol. The van der Waals surface area contributed by atoms with E-state index in [1.165, 1.54) is 36.5 Å². The van der Waals surface area contributed by atoms with Crippen molar-refractivity contribution in [1.29, 1.82) is 0 Å². The molecule has 0 unspecified atom stereocenters. The van der Waals surface area contributed by atoms with E-state index in [2.05, 4.69) is 0 Å². The Labute approximate surface area is 117 Å². The standard InChI is InChI=1S/C14H16FNO3S/c1-11-10-13(5-6-14(11)15)20(17,18)16(2)8-7-12-4-3-9-19-12/h3-6,9-10H,7-8H2,1-2H3. The second kappa shape index (κ2) is 5.76. The maximum Gasteiger partial charge on any atom is 0.242 e. The van der Waals surface area contributed by atoms with Gasteiger partial charge in [-0.15, -0.1) is 0 Å². The van der Waals surface area contributed by atoms with E-state index in [1.54, 1.807) is 18.4 Å². The van der Waals surface area contributed by atoms with Gasteiger partial charge in [-0.1, -0.05) is 0 Å². The molecule has 0 saturated heterocycles. The summed E-state index contributed by atoms with van der Waals surface area (Å²) < 4.78 is 44.3. The molecule has 0 aliphatic carbocycles. The van der Waals surface area contributed by atoms with E-state index in [9.17, 15) is 12.8 Å². The fourth-order valence-corrected chi connectivity index (χ4v) is 3.06. The van der Waals surface area contributed by atoms with Crippen LogP contribution in [0.25, 0.3) is 0 Å². The van der Waals surface area contributed by atoms with Gasteiger partial charge in [0, 0.05) is 20.0 Å². The van der Waals surface area contributed by atoms with Crippen LogP contribution in [-0.2, 0) is 16.4 Å². The van der Waals surface area contributed by atoms with Crippen LogP contribution in [0, 0.1) is 12.7 Å². The average Bonchev–Trinajstić information content (AvgIpc) is 2.92. The zero-order valence-corrected chi connectivity index (χ0v) is 12.2. The maximum atomic E-state index is 13.2. The SMILES string of the molecule is Cc1cc(S(=O)(=O)N(C)CCc2ccco2)ccc1F. The van der Waals surface area contributed by atoms with Crippen molar-refractivity contribution in [2.45, 2.75) is 18.2 Å². The first-order valence-electron chi connectivity index (χ1n) is 6.16. The summed E-state index contributed by atoms with van der Waals surface area (Å²) in [5, 5.41) is 0. The summed E-state index contributed by atoms with van der Waals surface area (Å²) in [6.07, 6.45) is 2.04. The number of furan rings is 1. The van der Waals surface area contributed by atoms with Crippen LogP contribution in [0.2, 0.25) is 0 Å². The van der Waals surface area contributed by atoms with Crippen LogP contribution in [0.3, 0.4) is 0 Å². The number of halogens is 1. The van der Waals surface area contributed by atoms with Gasteiger partial charge >= 0.3 is 0 Å². The minimum Gasteiger partial charge on any atom is -0.469 e. The van der Waals surface area contributed by atoms with Crippen molar-refractivity contribution in [3.8, 4) is 0 Å². The Balaban J connectivity index is 2.14. The van der Waals surface area contributed by atoms with Crippen molar-refractivity contribution < 1.29 is 17.2 Å². The third-order valence-electron chi connectivity index (χ3n) is 3.09. The molecule has 0 bridgehead atoms. The topological polar surface area (TPSA) is 50.5 Å². The molecular formula is C14H16FNO3S. The lowest BCUT2D eigenvalue weighted by atomic mass is 10.2. The van der Waals surface area contributed by atoms with E-state index < -0.39 is 15.8 Å². The van der Waals surface area contributed by atoms with E-state index in [-0.39, 0.29) is 4.90 Å². The minimum atomic E-state index is -3.61. The lowest BCUT2D eigenvalue weighted by molar-refractivity contribution is 0.441. The van der Waals surface area contributed by atoms with Crippen molar-refractivity contribution in [2.75, 3.05) is 13.6 Å². The molecule has 0 fully saturated rings. The quantitative estimate of drug-likeness (QED) is 0.852. The molecule has 0 radical (unpaired) electrons. The van der Waals surface area contributed by atoms with Crippen LogP contribution in [0.15, 0.2) is 45.9 Å². The Morgan fingerprint density at radius 2 is 2.05 bits per heavy atom. The number of likely N-dealkylation sites (N-methyl/N-ethyl adjacent to an activating group) is 1. The Bertz CT molecular complexity index is 680. The molecule has 2 rings (SSSR count). The summed E-state index contributed by atoms with van der Waals surface area (Å²) in [4.78, 5) is 0.0957. The Morgan fingerprint density at radius 3 is 2.65 bits per heavy atom. The largest absolute Gasteiger partial charge is 0.469 e. The fourth-order valence-electron chi connectivity index (χ4n) is 1.80. The first-order valence-corrected chi connectivity index (χ1v) is 7.60. The lowest BCUT2D eigenvalue weighted by Gasteiger charge is -2.17. The molecule has 4 nitrogen and oxygen atoms in total. The van der Waals surface area contributed by atoms with Gasteiger partial charge in [0.15, 0.2) is 0 Å². The fraction of sp³-hybridized carbons (Fsp3) is 0.286. The van der Waals surface area contributed by atoms with E-state index in [4.69, 9.17) is 4.42 Å². The normalized spacial score (nSPS) is 12.0. The molecule has 20 heavy (non-hydrogen) atoms. The monoisotopic (exact) mass is 297 g/mol. The molecule has 2 aromatic rings. The number of hydrogen-bond donors (Lipinski definition) is 0. The second-order valence-corrected chi connectivity index (χ2v) is 6.61. The van der Waals surface area contributed by atoms with Gasteiger partial charge in [-0.25, -0.2) is 17.1 Å². The number of rotatable bonds is 5. The number of aryl methyl sites for hydroxylation is 1. The van der Waals surface area contributed by atoms with Crippen molar-refractivity contribution in [1.82, 2.24) is 4.31 Å². The molecule has 0 N–H and O–H groups in total. The third kappa shape index (κ3) is 3.08. The molecule has 6 heteroatoms. The molecule has 108 valence electrons. The zero-order chi connectivity index (χ0) is 14.8. The number of benzene rings is 1. The van der Waals surface area contributed by atoms with Crippen LogP contribution in [0.5, 0.6) is 0 Å². The Hall–Kier alpha value is -1.66. The minimum absolute atomic E-state index is 0.0957. The van der Waals surface area contributed by atoms with Crippen LogP contribution in [-0.4, -0.2) is 26.3 Å². The summed E-state index contributed by atoms with van der Waals surface area (Å²) in [6.45, 7) is 1.84. The highest BCUT2D eigenvalue weighted by molar-refractivity contribution is 7.89. The smallest absolute Gasteiger partial charge is 0.242 e. The van der Waals surface area contributed by atoms with E-state index in [1.807, 2.05) is 0 Å². The summed E-state index contributed by atoms with van der Waals surface area (Å²) in [5.41, 5.74) is 0.311. The number of hydrogen-bond acceptors (Lipinski definition) is 3. The van der Waals surface area contributed by atoms with Crippen LogP contribution in [0.4, 0.5) is 4.39 Å². The van der Waals surface area contributed by atoms with Gasteiger partial charge in [-0.05, 0) is 42.8 Å². The predicted octanol–water partition coefficient (Wildman–Crippen LogP) is 2.59. The average molecular weight is 297 g/mol. The highest BCUT2D eigenvalue weighted by Gasteiger charge is 2.21. The van der Waals surface area contributed by atoms with E-state index >= 15 is 0 Å². The maximum absolute atomic E-state index is 13.2. The van der Waals surface area contributed by atoms with Crippen molar-refractivity contribution >= 4 is 10.0 Å². The summed E-state index contributed by atoms with van der Waals surface area (Å²) >= 11 is 0. The summed E-state index contributed by atoms with van der Waals surface area (Å²) in [5.74, 6) is 0.310. The number of sulfonamides is 1. The molecule has 0 atom stereocenters. The molecule has 0 spiro atoms.